The van der Waals surface area contributed by atoms with Gasteiger partial charge in [0.15, 0.2) is 11.5 Å². The fourth-order valence-electron chi connectivity index (χ4n) is 4.74. The summed E-state index contributed by atoms with van der Waals surface area (Å²) >= 11 is 6.85. The van der Waals surface area contributed by atoms with Crippen molar-refractivity contribution in [2.75, 3.05) is 13.2 Å². The van der Waals surface area contributed by atoms with Crippen LogP contribution in [0, 0.1) is 18.3 Å². The van der Waals surface area contributed by atoms with Crippen LogP contribution in [0.2, 0.25) is 5.02 Å². The highest BCUT2D eigenvalue weighted by molar-refractivity contribution is 6.33. The first kappa shape index (κ1) is 29.8. The molecule has 1 aliphatic rings. The summed E-state index contributed by atoms with van der Waals surface area (Å²) in [6.45, 7) is 5.33. The van der Waals surface area contributed by atoms with E-state index in [0.717, 1.165) is 39.3 Å². The number of carboxylic acid groups (broad SMARTS) is 1. The van der Waals surface area contributed by atoms with E-state index in [0.29, 0.717) is 35.8 Å². The van der Waals surface area contributed by atoms with E-state index in [1.807, 2.05) is 42.5 Å². The molecule has 0 radical (unpaired) electrons. The maximum Gasteiger partial charge on any atom is 0.320 e. The van der Waals surface area contributed by atoms with Crippen molar-refractivity contribution in [2.45, 2.75) is 39.6 Å². The lowest BCUT2D eigenvalue weighted by Gasteiger charge is -2.20. The highest BCUT2D eigenvalue weighted by Gasteiger charge is 2.19. The van der Waals surface area contributed by atoms with Gasteiger partial charge in [0.25, 0.3) is 0 Å². The summed E-state index contributed by atoms with van der Waals surface area (Å²) in [5.41, 5.74) is 6.12. The summed E-state index contributed by atoms with van der Waals surface area (Å²) in [7, 11) is 0. The van der Waals surface area contributed by atoms with Crippen LogP contribution in [0.15, 0.2) is 72.8 Å². The lowest BCUT2D eigenvalue weighted by Crippen LogP contribution is -2.33. The molecule has 1 heterocycles. The summed E-state index contributed by atoms with van der Waals surface area (Å²) in [6, 6.07) is 24.0. The van der Waals surface area contributed by atoms with E-state index < -0.39 is 12.0 Å². The van der Waals surface area contributed by atoms with E-state index in [-0.39, 0.29) is 24.8 Å². The average molecular weight is 599 g/mol. The Morgan fingerprint density at radius 1 is 1.00 bits per heavy atom. The van der Waals surface area contributed by atoms with Crippen LogP contribution in [0.3, 0.4) is 0 Å². The van der Waals surface area contributed by atoms with E-state index >= 15 is 0 Å². The van der Waals surface area contributed by atoms with Crippen LogP contribution in [0.25, 0.3) is 11.1 Å². The standard InChI is InChI=1S/C34H31ClN2O6/c1-21-27(7-4-8-28(21)25-9-11-29-31(16-25)41-14-13-40-29)20-42-30-12-10-26(18-37-22(2)34(38)39)33(32(30)35)43-19-24-6-3-5-23(15-24)17-36/h3-12,15-16,22,37H,13-14,18-20H2,1-2H3,(H,38,39). The first-order valence-electron chi connectivity index (χ1n) is 13.8. The molecule has 1 atom stereocenters. The summed E-state index contributed by atoms with van der Waals surface area (Å²) in [6.07, 6.45) is 0. The minimum atomic E-state index is -0.962. The fraction of sp³-hybridized carbons (Fsp3) is 0.235. The Bertz CT molecular complexity index is 1680. The third kappa shape index (κ3) is 7.03. The van der Waals surface area contributed by atoms with E-state index in [1.54, 1.807) is 31.2 Å². The molecule has 220 valence electrons. The molecule has 1 aliphatic heterocycles. The molecule has 0 aromatic heterocycles. The van der Waals surface area contributed by atoms with Crippen LogP contribution >= 0.6 is 11.6 Å². The van der Waals surface area contributed by atoms with Crippen molar-refractivity contribution in [1.29, 1.82) is 5.26 Å². The molecule has 4 aromatic rings. The molecule has 0 amide bonds. The van der Waals surface area contributed by atoms with E-state index in [1.165, 1.54) is 0 Å². The Kier molecular flexibility index (Phi) is 9.35. The van der Waals surface area contributed by atoms with Gasteiger partial charge in [-0.2, -0.15) is 5.26 Å². The Balaban J connectivity index is 1.37. The minimum absolute atomic E-state index is 0.164. The smallest absolute Gasteiger partial charge is 0.320 e. The number of nitrogens with zero attached hydrogens (tertiary/aromatic N) is 1. The molecule has 0 saturated carbocycles. The van der Waals surface area contributed by atoms with Crippen molar-refractivity contribution in [3.05, 3.63) is 106 Å². The number of nitrogens with one attached hydrogen (secondary N) is 1. The van der Waals surface area contributed by atoms with Gasteiger partial charge in [-0.1, -0.05) is 54.1 Å². The van der Waals surface area contributed by atoms with E-state index in [4.69, 9.17) is 30.5 Å². The highest BCUT2D eigenvalue weighted by Crippen LogP contribution is 2.39. The number of nitriles is 1. The Morgan fingerprint density at radius 2 is 1.79 bits per heavy atom. The summed E-state index contributed by atoms with van der Waals surface area (Å²) in [5, 5.41) is 21.8. The number of ether oxygens (including phenoxy) is 4. The molecular formula is C34H31ClN2O6. The largest absolute Gasteiger partial charge is 0.487 e. The van der Waals surface area contributed by atoms with Gasteiger partial charge in [-0.05, 0) is 72.0 Å². The van der Waals surface area contributed by atoms with Crippen molar-refractivity contribution in [3.8, 4) is 40.2 Å². The Hall–Kier alpha value is -4.71. The van der Waals surface area contributed by atoms with Crippen molar-refractivity contribution >= 4 is 17.6 Å². The molecule has 1 unspecified atom stereocenters. The zero-order chi connectivity index (χ0) is 30.3. The van der Waals surface area contributed by atoms with Gasteiger partial charge < -0.3 is 29.4 Å². The summed E-state index contributed by atoms with van der Waals surface area (Å²) in [4.78, 5) is 11.3. The van der Waals surface area contributed by atoms with E-state index in [2.05, 4.69) is 24.4 Å². The first-order valence-corrected chi connectivity index (χ1v) is 14.2. The van der Waals surface area contributed by atoms with Crippen molar-refractivity contribution in [2.24, 2.45) is 0 Å². The number of rotatable bonds is 11. The second-order valence-corrected chi connectivity index (χ2v) is 10.5. The molecular weight excluding hydrogens is 568 g/mol. The number of carbonyl (C=O) groups is 1. The maximum atomic E-state index is 11.3. The topological polar surface area (TPSA) is 110 Å². The summed E-state index contributed by atoms with van der Waals surface area (Å²) < 4.78 is 23.8. The van der Waals surface area contributed by atoms with Gasteiger partial charge in [-0.3, -0.25) is 4.79 Å². The number of hydrogen-bond donors (Lipinski definition) is 2. The molecule has 0 bridgehead atoms. The van der Waals surface area contributed by atoms with Crippen LogP contribution in [0.4, 0.5) is 0 Å². The Labute approximate surface area is 255 Å². The number of fused-ring (bicyclic) bond motifs is 1. The average Bonchev–Trinajstić information content (AvgIpc) is 3.03. The molecule has 4 aromatic carbocycles. The number of benzene rings is 4. The van der Waals surface area contributed by atoms with Gasteiger partial charge in [-0.25, -0.2) is 0 Å². The molecule has 2 N–H and O–H groups in total. The second-order valence-electron chi connectivity index (χ2n) is 10.1. The molecule has 9 heteroatoms. The molecule has 0 spiro atoms. The van der Waals surface area contributed by atoms with Gasteiger partial charge in [0.2, 0.25) is 0 Å². The predicted molar refractivity (Wildman–Crippen MR) is 163 cm³/mol. The van der Waals surface area contributed by atoms with Gasteiger partial charge in [-0.15, -0.1) is 0 Å². The molecule has 8 nitrogen and oxygen atoms in total. The van der Waals surface area contributed by atoms with Crippen molar-refractivity contribution in [3.63, 3.8) is 0 Å². The highest BCUT2D eigenvalue weighted by atomic mass is 35.5. The first-order chi connectivity index (χ1) is 20.8. The molecule has 5 rings (SSSR count). The lowest BCUT2D eigenvalue weighted by molar-refractivity contribution is -0.139. The van der Waals surface area contributed by atoms with E-state index in [9.17, 15) is 15.2 Å². The quantitative estimate of drug-likeness (QED) is 0.197. The van der Waals surface area contributed by atoms with Crippen LogP contribution in [0.5, 0.6) is 23.0 Å². The second kappa shape index (κ2) is 13.5. The number of hydrogen-bond acceptors (Lipinski definition) is 7. The SMILES string of the molecule is Cc1c(COc2ccc(CNC(C)C(=O)O)c(OCc3cccc(C#N)c3)c2Cl)cccc1-c1ccc2c(c1)OCCO2. The lowest BCUT2D eigenvalue weighted by atomic mass is 9.96. The third-order valence-corrected chi connectivity index (χ3v) is 7.59. The molecule has 43 heavy (non-hydrogen) atoms. The van der Waals surface area contributed by atoms with Gasteiger partial charge >= 0.3 is 5.97 Å². The summed E-state index contributed by atoms with van der Waals surface area (Å²) in [5.74, 6) is 1.33. The molecule has 0 fully saturated rings. The molecule has 0 saturated heterocycles. The normalized spacial score (nSPS) is 12.7. The van der Waals surface area contributed by atoms with Crippen LogP contribution < -0.4 is 24.3 Å². The number of aliphatic carboxylic acids is 1. The maximum absolute atomic E-state index is 11.3. The van der Waals surface area contributed by atoms with Gasteiger partial charge in [0.05, 0.1) is 11.6 Å². The van der Waals surface area contributed by atoms with Crippen LogP contribution in [0.1, 0.15) is 34.7 Å². The van der Waals surface area contributed by atoms with Crippen LogP contribution in [-0.4, -0.2) is 30.3 Å². The monoisotopic (exact) mass is 598 g/mol. The number of halogens is 1. The fourth-order valence-corrected chi connectivity index (χ4v) is 5.03. The van der Waals surface area contributed by atoms with Crippen molar-refractivity contribution in [1.82, 2.24) is 5.32 Å². The van der Waals surface area contributed by atoms with Gasteiger partial charge in [0.1, 0.15) is 49.0 Å². The van der Waals surface area contributed by atoms with Gasteiger partial charge in [0, 0.05) is 12.1 Å². The zero-order valence-corrected chi connectivity index (χ0v) is 24.6. The third-order valence-electron chi connectivity index (χ3n) is 7.23. The minimum Gasteiger partial charge on any atom is -0.487 e. The van der Waals surface area contributed by atoms with Crippen molar-refractivity contribution < 1.29 is 28.8 Å². The predicted octanol–water partition coefficient (Wildman–Crippen LogP) is 6.68. The zero-order valence-electron chi connectivity index (χ0n) is 23.9. The van der Waals surface area contributed by atoms with Crippen LogP contribution in [-0.2, 0) is 24.6 Å². The molecule has 0 aliphatic carbocycles. The Morgan fingerprint density at radius 3 is 2.58 bits per heavy atom. The number of carboxylic acids is 1.